The molecule has 0 spiro atoms. The van der Waals surface area contributed by atoms with Gasteiger partial charge in [0.05, 0.1) is 0 Å². The van der Waals surface area contributed by atoms with Gasteiger partial charge < -0.3 is 10.7 Å². The molecule has 2 aromatic rings. The van der Waals surface area contributed by atoms with Crippen LogP contribution in [-0.4, -0.2) is 9.97 Å². The van der Waals surface area contributed by atoms with E-state index in [1.807, 2.05) is 25.1 Å². The van der Waals surface area contributed by atoms with Crippen LogP contribution in [0.25, 0.3) is 0 Å². The Balaban J connectivity index is 2.45. The van der Waals surface area contributed by atoms with Gasteiger partial charge in [0.15, 0.2) is 0 Å². The highest BCUT2D eigenvalue weighted by molar-refractivity contribution is 9.10. The van der Waals surface area contributed by atoms with E-state index in [4.69, 9.17) is 5.84 Å². The third-order valence-electron chi connectivity index (χ3n) is 3.05. The number of hydrogen-bond donors (Lipinski definition) is 3. The monoisotopic (exact) mass is 335 g/mol. The normalized spacial score (nSPS) is 10.7. The van der Waals surface area contributed by atoms with E-state index in [1.54, 1.807) is 0 Å². The summed E-state index contributed by atoms with van der Waals surface area (Å²) in [5.41, 5.74) is 5.74. The van der Waals surface area contributed by atoms with Crippen LogP contribution in [0.4, 0.5) is 17.3 Å². The van der Waals surface area contributed by atoms with Crippen LogP contribution >= 0.6 is 15.9 Å². The maximum Gasteiger partial charge on any atom is 0.148 e. The van der Waals surface area contributed by atoms with Crippen molar-refractivity contribution in [1.29, 1.82) is 0 Å². The molecule has 0 fully saturated rings. The second-order valence-corrected chi connectivity index (χ2v) is 5.78. The van der Waals surface area contributed by atoms with Crippen LogP contribution in [0.3, 0.4) is 0 Å². The molecule has 0 amide bonds. The Morgan fingerprint density at radius 3 is 2.55 bits per heavy atom. The Morgan fingerprint density at radius 2 is 1.90 bits per heavy atom. The summed E-state index contributed by atoms with van der Waals surface area (Å²) in [4.78, 5) is 8.51. The predicted octanol–water partition coefficient (Wildman–Crippen LogP) is 3.70. The standard InChI is InChI=1S/C14H18BrN5/c1-8(2)12-13(17-7-18-14(12)20-16)19-11-6-10(15)5-4-9(11)3/h4-8H,16H2,1-3H3,(H2,17,18,19,20). The quantitative estimate of drug-likeness (QED) is 0.586. The molecular formula is C14H18BrN5. The lowest BCUT2D eigenvalue weighted by atomic mass is 10.0. The fourth-order valence-corrected chi connectivity index (χ4v) is 2.37. The molecule has 0 unspecified atom stereocenters. The summed E-state index contributed by atoms with van der Waals surface area (Å²) in [6.45, 7) is 6.21. The van der Waals surface area contributed by atoms with E-state index in [0.717, 1.165) is 27.1 Å². The smallest absolute Gasteiger partial charge is 0.148 e. The van der Waals surface area contributed by atoms with E-state index in [2.05, 4.69) is 50.5 Å². The van der Waals surface area contributed by atoms with Gasteiger partial charge in [-0.1, -0.05) is 35.8 Å². The van der Waals surface area contributed by atoms with Gasteiger partial charge in [0.25, 0.3) is 0 Å². The first-order valence-electron chi connectivity index (χ1n) is 6.37. The van der Waals surface area contributed by atoms with Crippen molar-refractivity contribution in [2.75, 3.05) is 10.7 Å². The van der Waals surface area contributed by atoms with Crippen LogP contribution < -0.4 is 16.6 Å². The lowest BCUT2D eigenvalue weighted by Crippen LogP contribution is -2.14. The second kappa shape index (κ2) is 6.19. The minimum absolute atomic E-state index is 0.247. The van der Waals surface area contributed by atoms with Crippen molar-refractivity contribution in [2.45, 2.75) is 26.7 Å². The van der Waals surface area contributed by atoms with E-state index in [0.29, 0.717) is 5.82 Å². The molecule has 4 N–H and O–H groups in total. The van der Waals surface area contributed by atoms with E-state index in [-0.39, 0.29) is 5.92 Å². The zero-order valence-electron chi connectivity index (χ0n) is 11.7. The number of nitrogens with two attached hydrogens (primary N) is 1. The molecule has 1 heterocycles. The zero-order valence-corrected chi connectivity index (χ0v) is 13.3. The van der Waals surface area contributed by atoms with Crippen molar-refractivity contribution >= 4 is 33.3 Å². The molecule has 0 saturated carbocycles. The fourth-order valence-electron chi connectivity index (χ4n) is 2.01. The molecule has 5 nitrogen and oxygen atoms in total. The molecule has 106 valence electrons. The summed E-state index contributed by atoms with van der Waals surface area (Å²) in [5, 5.41) is 3.36. The zero-order chi connectivity index (χ0) is 14.7. The maximum atomic E-state index is 5.53. The number of aryl methyl sites for hydroxylation is 1. The number of nitrogens with one attached hydrogen (secondary N) is 2. The number of hydrogen-bond acceptors (Lipinski definition) is 5. The third kappa shape index (κ3) is 3.08. The maximum absolute atomic E-state index is 5.53. The molecule has 0 aliphatic rings. The van der Waals surface area contributed by atoms with Gasteiger partial charge in [0, 0.05) is 15.7 Å². The summed E-state index contributed by atoms with van der Waals surface area (Å²) in [6.07, 6.45) is 1.50. The third-order valence-corrected chi connectivity index (χ3v) is 3.54. The SMILES string of the molecule is Cc1ccc(Br)cc1Nc1ncnc(NN)c1C(C)C. The van der Waals surface area contributed by atoms with Crippen LogP contribution in [-0.2, 0) is 0 Å². The second-order valence-electron chi connectivity index (χ2n) is 4.87. The van der Waals surface area contributed by atoms with Crippen LogP contribution in [0.1, 0.15) is 30.9 Å². The average molecular weight is 336 g/mol. The first-order chi connectivity index (χ1) is 9.52. The number of nitrogen functional groups attached to an aromatic ring is 1. The van der Waals surface area contributed by atoms with Crippen molar-refractivity contribution in [1.82, 2.24) is 9.97 Å². The minimum Gasteiger partial charge on any atom is -0.340 e. The Kier molecular flexibility index (Phi) is 4.57. The molecule has 20 heavy (non-hydrogen) atoms. The van der Waals surface area contributed by atoms with Gasteiger partial charge >= 0.3 is 0 Å². The van der Waals surface area contributed by atoms with Crippen molar-refractivity contribution < 1.29 is 0 Å². The molecule has 0 aliphatic heterocycles. The first kappa shape index (κ1) is 14.7. The van der Waals surface area contributed by atoms with Crippen LogP contribution in [0.5, 0.6) is 0 Å². The highest BCUT2D eigenvalue weighted by atomic mass is 79.9. The molecule has 1 aromatic heterocycles. The van der Waals surface area contributed by atoms with Gasteiger partial charge in [0.2, 0.25) is 0 Å². The molecule has 2 rings (SSSR count). The Bertz CT molecular complexity index is 613. The molecule has 6 heteroatoms. The average Bonchev–Trinajstić information content (AvgIpc) is 2.42. The summed E-state index contributed by atoms with van der Waals surface area (Å²) in [7, 11) is 0. The van der Waals surface area contributed by atoms with Gasteiger partial charge in [-0.2, -0.15) is 0 Å². The van der Waals surface area contributed by atoms with Gasteiger partial charge in [-0.3, -0.25) is 0 Å². The lowest BCUT2D eigenvalue weighted by Gasteiger charge is -2.17. The number of benzene rings is 1. The van der Waals surface area contributed by atoms with Gasteiger partial charge in [-0.05, 0) is 30.5 Å². The number of anilines is 3. The minimum atomic E-state index is 0.247. The van der Waals surface area contributed by atoms with Crippen molar-refractivity contribution in [3.05, 3.63) is 40.1 Å². The number of hydrazine groups is 1. The Hall–Kier alpha value is -1.66. The summed E-state index contributed by atoms with van der Waals surface area (Å²) in [5.74, 6) is 7.19. The molecular weight excluding hydrogens is 318 g/mol. The topological polar surface area (TPSA) is 75.9 Å². The molecule has 0 radical (unpaired) electrons. The number of halogens is 1. The van der Waals surface area contributed by atoms with Gasteiger partial charge in [0.1, 0.15) is 18.0 Å². The Labute approximate surface area is 127 Å². The number of rotatable bonds is 4. The first-order valence-corrected chi connectivity index (χ1v) is 7.17. The predicted molar refractivity (Wildman–Crippen MR) is 86.1 cm³/mol. The van der Waals surface area contributed by atoms with Crippen molar-refractivity contribution in [2.24, 2.45) is 5.84 Å². The molecule has 0 bridgehead atoms. The summed E-state index contributed by atoms with van der Waals surface area (Å²) in [6, 6.07) is 6.08. The summed E-state index contributed by atoms with van der Waals surface area (Å²) < 4.78 is 1.02. The summed E-state index contributed by atoms with van der Waals surface area (Å²) >= 11 is 3.48. The van der Waals surface area contributed by atoms with Gasteiger partial charge in [-0.15, -0.1) is 0 Å². The Morgan fingerprint density at radius 1 is 1.20 bits per heavy atom. The largest absolute Gasteiger partial charge is 0.340 e. The number of aromatic nitrogens is 2. The molecule has 0 aliphatic carbocycles. The molecule has 0 atom stereocenters. The van der Waals surface area contributed by atoms with Crippen LogP contribution in [0.2, 0.25) is 0 Å². The van der Waals surface area contributed by atoms with Gasteiger partial charge in [-0.25, -0.2) is 15.8 Å². The van der Waals surface area contributed by atoms with E-state index >= 15 is 0 Å². The van der Waals surface area contributed by atoms with Crippen LogP contribution in [0.15, 0.2) is 29.0 Å². The highest BCUT2D eigenvalue weighted by Crippen LogP contribution is 2.31. The van der Waals surface area contributed by atoms with Crippen LogP contribution in [0, 0.1) is 6.92 Å². The van der Waals surface area contributed by atoms with E-state index in [9.17, 15) is 0 Å². The highest BCUT2D eigenvalue weighted by Gasteiger charge is 2.15. The van der Waals surface area contributed by atoms with Crippen molar-refractivity contribution in [3.8, 4) is 0 Å². The van der Waals surface area contributed by atoms with E-state index in [1.165, 1.54) is 6.33 Å². The molecule has 0 saturated heterocycles. The van der Waals surface area contributed by atoms with E-state index < -0.39 is 0 Å². The molecule has 1 aromatic carbocycles. The lowest BCUT2D eigenvalue weighted by molar-refractivity contribution is 0.850. The van der Waals surface area contributed by atoms with Crippen molar-refractivity contribution in [3.63, 3.8) is 0 Å². The fraction of sp³-hybridized carbons (Fsp3) is 0.286. The number of nitrogens with zero attached hydrogens (tertiary/aromatic N) is 2.